The van der Waals surface area contributed by atoms with Gasteiger partial charge in [-0.05, 0) is 42.3 Å². The van der Waals surface area contributed by atoms with Gasteiger partial charge in [0.05, 0.1) is 12.0 Å². The number of nitrogens with zero attached hydrogens (tertiary/aromatic N) is 1. The first-order valence-electron chi connectivity index (χ1n) is 11.6. The maximum Gasteiger partial charge on any atom is 0.272 e. The summed E-state index contributed by atoms with van der Waals surface area (Å²) in [6.45, 7) is 1.65. The number of nitrogen functional groups attached to an aromatic ring is 1. The standard InChI is InChI=1S/C27H28F2N4O3/c1-26(28,29)20-5-2-3-6-21(20)32-19-11-9-18(10-12-19)16-31-25(35)27(13-14-36-17-27)15-23(34)22-7-4-8-24(30)33-22/h2-12,32H,13-17H2,1H3,(H2,30,33)(H,31,35)/t27-/m0/s1. The smallest absolute Gasteiger partial charge is 0.272 e. The Bertz CT molecular complexity index is 1240. The van der Waals surface area contributed by atoms with E-state index in [0.29, 0.717) is 24.4 Å². The van der Waals surface area contributed by atoms with Gasteiger partial charge in [-0.1, -0.05) is 36.4 Å². The van der Waals surface area contributed by atoms with Gasteiger partial charge in [-0.15, -0.1) is 0 Å². The Labute approximate surface area is 208 Å². The van der Waals surface area contributed by atoms with Crippen LogP contribution in [0.4, 0.5) is 26.0 Å². The van der Waals surface area contributed by atoms with E-state index in [1.54, 1.807) is 60.7 Å². The van der Waals surface area contributed by atoms with Crippen molar-refractivity contribution in [2.45, 2.75) is 32.2 Å². The summed E-state index contributed by atoms with van der Waals surface area (Å²) >= 11 is 0. The molecule has 0 aliphatic carbocycles. The first kappa shape index (κ1) is 25.2. The van der Waals surface area contributed by atoms with E-state index in [9.17, 15) is 18.4 Å². The third kappa shape index (κ3) is 5.85. The molecule has 1 aromatic heterocycles. The number of hydrogen-bond donors (Lipinski definition) is 3. The summed E-state index contributed by atoms with van der Waals surface area (Å²) in [4.78, 5) is 30.0. The number of anilines is 3. The van der Waals surface area contributed by atoms with Gasteiger partial charge in [-0.2, -0.15) is 0 Å². The number of para-hydroxylation sites is 1. The number of Topliss-reactive ketones (excluding diaryl/α,β-unsaturated/α-hetero) is 1. The molecule has 4 N–H and O–H groups in total. The minimum absolute atomic E-state index is 0.0282. The van der Waals surface area contributed by atoms with Crippen molar-refractivity contribution < 1.29 is 23.1 Å². The van der Waals surface area contributed by atoms with Crippen LogP contribution in [0, 0.1) is 5.41 Å². The molecule has 1 amide bonds. The number of pyridine rings is 1. The van der Waals surface area contributed by atoms with E-state index in [1.165, 1.54) is 6.07 Å². The van der Waals surface area contributed by atoms with Crippen LogP contribution < -0.4 is 16.4 Å². The molecule has 2 heterocycles. The van der Waals surface area contributed by atoms with Gasteiger partial charge < -0.3 is 21.1 Å². The second-order valence-electron chi connectivity index (χ2n) is 9.07. The zero-order valence-electron chi connectivity index (χ0n) is 19.9. The normalized spacial score (nSPS) is 17.5. The predicted octanol–water partition coefficient (Wildman–Crippen LogP) is 4.82. The van der Waals surface area contributed by atoms with E-state index in [-0.39, 0.29) is 48.3 Å². The van der Waals surface area contributed by atoms with E-state index in [2.05, 4.69) is 15.6 Å². The number of ether oxygens (including phenoxy) is 1. The van der Waals surface area contributed by atoms with Gasteiger partial charge in [0, 0.05) is 43.4 Å². The van der Waals surface area contributed by atoms with Gasteiger partial charge in [0.15, 0.2) is 5.78 Å². The number of aromatic nitrogens is 1. The van der Waals surface area contributed by atoms with Crippen LogP contribution >= 0.6 is 0 Å². The van der Waals surface area contributed by atoms with E-state index >= 15 is 0 Å². The Morgan fingerprint density at radius 3 is 2.50 bits per heavy atom. The zero-order chi connectivity index (χ0) is 25.8. The fraction of sp³-hybridized carbons (Fsp3) is 0.296. The number of nitrogens with two attached hydrogens (primary N) is 1. The van der Waals surface area contributed by atoms with Gasteiger partial charge in [-0.3, -0.25) is 9.59 Å². The minimum atomic E-state index is -2.97. The first-order chi connectivity index (χ1) is 17.2. The Kier molecular flexibility index (Phi) is 7.30. The van der Waals surface area contributed by atoms with Gasteiger partial charge in [-0.25, -0.2) is 13.8 Å². The van der Waals surface area contributed by atoms with Crippen LogP contribution in [0.5, 0.6) is 0 Å². The van der Waals surface area contributed by atoms with Crippen LogP contribution in [0.25, 0.3) is 0 Å². The summed E-state index contributed by atoms with van der Waals surface area (Å²) in [5.74, 6) is -3.26. The molecule has 0 bridgehead atoms. The van der Waals surface area contributed by atoms with Crippen molar-refractivity contribution in [2.75, 3.05) is 24.3 Å². The van der Waals surface area contributed by atoms with E-state index < -0.39 is 11.3 Å². The summed E-state index contributed by atoms with van der Waals surface area (Å²) in [6.07, 6.45) is 0.400. The number of hydrogen-bond acceptors (Lipinski definition) is 6. The second kappa shape index (κ2) is 10.4. The fourth-order valence-corrected chi connectivity index (χ4v) is 4.22. The Morgan fingerprint density at radius 1 is 1.08 bits per heavy atom. The molecule has 9 heteroatoms. The highest BCUT2D eigenvalue weighted by Crippen LogP contribution is 2.35. The van der Waals surface area contributed by atoms with Crippen LogP contribution in [0.1, 0.15) is 41.4 Å². The summed E-state index contributed by atoms with van der Waals surface area (Å²) in [6, 6.07) is 18.2. The van der Waals surface area contributed by atoms with Crippen LogP contribution in [0.15, 0.2) is 66.7 Å². The molecular weight excluding hydrogens is 466 g/mol. The lowest BCUT2D eigenvalue weighted by molar-refractivity contribution is -0.131. The lowest BCUT2D eigenvalue weighted by Gasteiger charge is -2.25. The molecule has 36 heavy (non-hydrogen) atoms. The van der Waals surface area contributed by atoms with Gasteiger partial charge in [0.1, 0.15) is 11.5 Å². The minimum Gasteiger partial charge on any atom is -0.384 e. The highest BCUT2D eigenvalue weighted by atomic mass is 19.3. The van der Waals surface area contributed by atoms with Crippen LogP contribution in [-0.4, -0.2) is 29.9 Å². The topological polar surface area (TPSA) is 106 Å². The number of nitrogens with one attached hydrogen (secondary N) is 2. The SMILES string of the molecule is CC(F)(F)c1ccccc1Nc1ccc(CNC(=O)[C@]2(CC(=O)c3cccc(N)n3)CCOC2)cc1. The summed E-state index contributed by atoms with van der Waals surface area (Å²) < 4.78 is 33.3. The van der Waals surface area contributed by atoms with Gasteiger partial charge >= 0.3 is 0 Å². The average molecular weight is 495 g/mol. The van der Waals surface area contributed by atoms with Gasteiger partial charge in [0.2, 0.25) is 5.91 Å². The van der Waals surface area contributed by atoms with Crippen molar-refractivity contribution in [3.8, 4) is 0 Å². The van der Waals surface area contributed by atoms with E-state index in [0.717, 1.165) is 12.5 Å². The number of benzene rings is 2. The molecule has 1 fully saturated rings. The number of carbonyl (C=O) groups is 2. The first-order valence-corrected chi connectivity index (χ1v) is 11.6. The van der Waals surface area contributed by atoms with E-state index in [4.69, 9.17) is 10.5 Å². The van der Waals surface area contributed by atoms with E-state index in [1.807, 2.05) is 0 Å². The van der Waals surface area contributed by atoms with Crippen molar-refractivity contribution in [2.24, 2.45) is 5.41 Å². The number of rotatable bonds is 9. The number of carbonyl (C=O) groups excluding carboxylic acids is 2. The molecule has 0 unspecified atom stereocenters. The molecule has 2 aromatic carbocycles. The lowest BCUT2D eigenvalue weighted by atomic mass is 9.80. The highest BCUT2D eigenvalue weighted by Gasteiger charge is 2.44. The molecule has 1 aliphatic heterocycles. The number of alkyl halides is 2. The van der Waals surface area contributed by atoms with Crippen LogP contribution in [-0.2, 0) is 22.0 Å². The molecule has 0 saturated carbocycles. The maximum absolute atomic E-state index is 13.9. The quantitative estimate of drug-likeness (QED) is 0.369. The van der Waals surface area contributed by atoms with Crippen molar-refractivity contribution >= 4 is 28.9 Å². The Morgan fingerprint density at radius 2 is 1.83 bits per heavy atom. The number of amides is 1. The molecule has 1 saturated heterocycles. The van der Waals surface area contributed by atoms with Crippen molar-refractivity contribution in [3.05, 3.63) is 83.6 Å². The number of ketones is 1. The van der Waals surface area contributed by atoms with Crippen LogP contribution in [0.3, 0.4) is 0 Å². The maximum atomic E-state index is 13.9. The average Bonchev–Trinajstić information content (AvgIpc) is 3.33. The zero-order valence-corrected chi connectivity index (χ0v) is 19.9. The summed E-state index contributed by atoms with van der Waals surface area (Å²) in [7, 11) is 0. The van der Waals surface area contributed by atoms with Crippen LogP contribution in [0.2, 0.25) is 0 Å². The van der Waals surface area contributed by atoms with Gasteiger partial charge in [0.25, 0.3) is 5.92 Å². The monoisotopic (exact) mass is 494 g/mol. The Hall–Kier alpha value is -3.85. The molecule has 7 nitrogen and oxygen atoms in total. The molecule has 3 aromatic rings. The summed E-state index contributed by atoms with van der Waals surface area (Å²) in [5.41, 5.74) is 6.63. The molecule has 0 spiro atoms. The molecule has 1 atom stereocenters. The second-order valence-corrected chi connectivity index (χ2v) is 9.07. The van der Waals surface area contributed by atoms with Crippen molar-refractivity contribution in [1.29, 1.82) is 0 Å². The molecular formula is C27H28F2N4O3. The highest BCUT2D eigenvalue weighted by molar-refractivity contribution is 5.98. The molecule has 188 valence electrons. The molecule has 4 rings (SSSR count). The fourth-order valence-electron chi connectivity index (χ4n) is 4.22. The molecule has 0 radical (unpaired) electrons. The van der Waals surface area contributed by atoms with Crippen molar-refractivity contribution in [1.82, 2.24) is 10.3 Å². The lowest BCUT2D eigenvalue weighted by Crippen LogP contribution is -2.42. The third-order valence-corrected chi connectivity index (χ3v) is 6.23. The summed E-state index contributed by atoms with van der Waals surface area (Å²) in [5, 5.41) is 5.94. The van der Waals surface area contributed by atoms with Crippen molar-refractivity contribution in [3.63, 3.8) is 0 Å². The largest absolute Gasteiger partial charge is 0.384 e. The number of halogens is 2. The Balaban J connectivity index is 1.39. The predicted molar refractivity (Wildman–Crippen MR) is 133 cm³/mol. The molecule has 1 aliphatic rings. The third-order valence-electron chi connectivity index (χ3n) is 6.23.